The molecule has 0 aliphatic rings. The zero-order chi connectivity index (χ0) is 12.8. The van der Waals surface area contributed by atoms with Gasteiger partial charge in [-0.05, 0) is 30.7 Å². The molecule has 6 heteroatoms. The van der Waals surface area contributed by atoms with Crippen LogP contribution in [0.3, 0.4) is 0 Å². The molecule has 0 fully saturated rings. The molecule has 0 bridgehead atoms. The molecule has 0 radical (unpaired) electrons. The summed E-state index contributed by atoms with van der Waals surface area (Å²) in [5.41, 5.74) is -0.649. The summed E-state index contributed by atoms with van der Waals surface area (Å²) in [6.45, 7) is 1.34. The van der Waals surface area contributed by atoms with Crippen LogP contribution < -0.4 is 0 Å². The number of alkyl halides is 3. The molecule has 0 spiro atoms. The van der Waals surface area contributed by atoms with Crippen LogP contribution >= 0.6 is 0 Å². The lowest BCUT2D eigenvalue weighted by Crippen LogP contribution is -2.07. The Morgan fingerprint density at radius 3 is 2.47 bits per heavy atom. The summed E-state index contributed by atoms with van der Waals surface area (Å²) in [6.07, 6.45) is -4.44. The summed E-state index contributed by atoms with van der Waals surface area (Å²) in [7, 11) is 0. The highest BCUT2D eigenvalue weighted by molar-refractivity contribution is 5.94. The van der Waals surface area contributed by atoms with E-state index >= 15 is 0 Å². The molecule has 0 saturated carbocycles. The highest BCUT2D eigenvalue weighted by atomic mass is 19.4. The van der Waals surface area contributed by atoms with Gasteiger partial charge in [-0.1, -0.05) is 0 Å². The van der Waals surface area contributed by atoms with Crippen molar-refractivity contribution in [2.45, 2.75) is 13.1 Å². The molecule has 0 aliphatic heterocycles. The zero-order valence-electron chi connectivity index (χ0n) is 8.72. The van der Waals surface area contributed by atoms with Gasteiger partial charge in [0.25, 0.3) is 0 Å². The molecule has 0 saturated heterocycles. The first-order valence-corrected chi connectivity index (χ1v) is 4.73. The number of aromatic amines is 1. The number of nitrogens with one attached hydrogen (secondary N) is 1. The summed E-state index contributed by atoms with van der Waals surface area (Å²) in [4.78, 5) is 13.1. The average Bonchev–Trinajstić information content (AvgIpc) is 2.57. The second-order valence-corrected chi connectivity index (χ2v) is 3.74. The second-order valence-electron chi connectivity index (χ2n) is 3.74. The maximum absolute atomic E-state index is 12.6. The lowest BCUT2D eigenvalue weighted by atomic mass is 10.1. The van der Waals surface area contributed by atoms with Gasteiger partial charge in [0.1, 0.15) is 5.69 Å². The lowest BCUT2D eigenvalue weighted by molar-refractivity contribution is -0.137. The van der Waals surface area contributed by atoms with Gasteiger partial charge in [0.15, 0.2) is 0 Å². The number of rotatable bonds is 1. The molecule has 0 aliphatic carbocycles. The Kier molecular flexibility index (Phi) is 2.38. The SMILES string of the molecule is Cc1cc2cc(C(=O)O)[nH]c2cc1C(F)(F)F. The highest BCUT2D eigenvalue weighted by Gasteiger charge is 2.32. The van der Waals surface area contributed by atoms with Crippen LogP contribution in [0.1, 0.15) is 21.6 Å². The van der Waals surface area contributed by atoms with Gasteiger partial charge < -0.3 is 10.1 Å². The van der Waals surface area contributed by atoms with E-state index in [4.69, 9.17) is 5.11 Å². The van der Waals surface area contributed by atoms with Crippen molar-refractivity contribution < 1.29 is 23.1 Å². The normalized spacial score (nSPS) is 12.0. The van der Waals surface area contributed by atoms with Gasteiger partial charge in [-0.3, -0.25) is 0 Å². The van der Waals surface area contributed by atoms with E-state index in [1.165, 1.54) is 19.1 Å². The van der Waals surface area contributed by atoms with E-state index in [9.17, 15) is 18.0 Å². The number of aryl methyl sites for hydroxylation is 1. The Labute approximate surface area is 93.9 Å². The molecule has 2 N–H and O–H groups in total. The monoisotopic (exact) mass is 243 g/mol. The number of hydrogen-bond donors (Lipinski definition) is 2. The minimum Gasteiger partial charge on any atom is -0.477 e. The molecular weight excluding hydrogens is 235 g/mol. The molecular formula is C11H8F3NO2. The Bertz CT molecular complexity index is 599. The van der Waals surface area contributed by atoms with Crippen molar-refractivity contribution in [1.82, 2.24) is 4.98 Å². The first kappa shape index (κ1) is 11.5. The topological polar surface area (TPSA) is 53.1 Å². The molecule has 0 atom stereocenters. The second kappa shape index (κ2) is 3.51. The minimum absolute atomic E-state index is 0.0703. The van der Waals surface area contributed by atoms with Crippen LogP contribution in [0.4, 0.5) is 13.2 Å². The molecule has 1 aromatic heterocycles. The number of hydrogen-bond acceptors (Lipinski definition) is 1. The van der Waals surface area contributed by atoms with Crippen LogP contribution in [0, 0.1) is 6.92 Å². The van der Waals surface area contributed by atoms with Crippen LogP contribution in [-0.4, -0.2) is 16.1 Å². The summed E-state index contributed by atoms with van der Waals surface area (Å²) >= 11 is 0. The number of carboxylic acids is 1. The number of carbonyl (C=O) groups is 1. The zero-order valence-corrected chi connectivity index (χ0v) is 8.72. The summed E-state index contributed by atoms with van der Waals surface area (Å²) in [5, 5.41) is 9.18. The number of benzene rings is 1. The molecule has 90 valence electrons. The number of fused-ring (bicyclic) bond motifs is 1. The molecule has 2 aromatic rings. The van der Waals surface area contributed by atoms with Gasteiger partial charge >= 0.3 is 12.1 Å². The average molecular weight is 243 g/mol. The smallest absolute Gasteiger partial charge is 0.416 e. The van der Waals surface area contributed by atoms with Crippen molar-refractivity contribution in [1.29, 1.82) is 0 Å². The van der Waals surface area contributed by atoms with Gasteiger partial charge in [0.05, 0.1) is 5.56 Å². The first-order valence-electron chi connectivity index (χ1n) is 4.73. The summed E-state index contributed by atoms with van der Waals surface area (Å²) in [6, 6.07) is 3.56. The van der Waals surface area contributed by atoms with Gasteiger partial charge in [0, 0.05) is 10.9 Å². The van der Waals surface area contributed by atoms with E-state index in [0.29, 0.717) is 5.39 Å². The van der Waals surface area contributed by atoms with Gasteiger partial charge in [-0.15, -0.1) is 0 Å². The third-order valence-electron chi connectivity index (χ3n) is 2.50. The quantitative estimate of drug-likeness (QED) is 0.808. The fourth-order valence-corrected chi connectivity index (χ4v) is 1.72. The number of carboxylic acid groups (broad SMARTS) is 1. The van der Waals surface area contributed by atoms with E-state index < -0.39 is 17.7 Å². The third kappa shape index (κ3) is 1.98. The predicted octanol–water partition coefficient (Wildman–Crippen LogP) is 3.19. The van der Waals surface area contributed by atoms with E-state index in [-0.39, 0.29) is 16.8 Å². The van der Waals surface area contributed by atoms with E-state index in [1.54, 1.807) is 0 Å². The third-order valence-corrected chi connectivity index (χ3v) is 2.50. The van der Waals surface area contributed by atoms with Crippen molar-refractivity contribution in [3.8, 4) is 0 Å². The fraction of sp³-hybridized carbons (Fsp3) is 0.182. The van der Waals surface area contributed by atoms with Crippen molar-refractivity contribution in [3.63, 3.8) is 0 Å². The summed E-state index contributed by atoms with van der Waals surface area (Å²) in [5.74, 6) is -1.20. The van der Waals surface area contributed by atoms with Crippen molar-refractivity contribution in [2.24, 2.45) is 0 Å². The Morgan fingerprint density at radius 2 is 1.94 bits per heavy atom. The van der Waals surface area contributed by atoms with Crippen LogP contribution in [0.5, 0.6) is 0 Å². The number of H-pyrrole nitrogens is 1. The molecule has 0 unspecified atom stereocenters. The predicted molar refractivity (Wildman–Crippen MR) is 55.0 cm³/mol. The van der Waals surface area contributed by atoms with Gasteiger partial charge in [-0.25, -0.2) is 4.79 Å². The van der Waals surface area contributed by atoms with Crippen LogP contribution in [0.2, 0.25) is 0 Å². The van der Waals surface area contributed by atoms with E-state index in [2.05, 4.69) is 4.98 Å². The van der Waals surface area contributed by atoms with Crippen molar-refractivity contribution in [2.75, 3.05) is 0 Å². The Hall–Kier alpha value is -1.98. The number of aromatic carboxylic acids is 1. The van der Waals surface area contributed by atoms with E-state index in [0.717, 1.165) is 6.07 Å². The Balaban J connectivity index is 2.68. The van der Waals surface area contributed by atoms with Crippen LogP contribution in [0.25, 0.3) is 10.9 Å². The molecule has 17 heavy (non-hydrogen) atoms. The minimum atomic E-state index is -4.44. The van der Waals surface area contributed by atoms with Crippen molar-refractivity contribution >= 4 is 16.9 Å². The largest absolute Gasteiger partial charge is 0.477 e. The van der Waals surface area contributed by atoms with E-state index in [1.807, 2.05) is 0 Å². The van der Waals surface area contributed by atoms with Crippen LogP contribution in [-0.2, 0) is 6.18 Å². The molecule has 1 heterocycles. The van der Waals surface area contributed by atoms with Gasteiger partial charge in [0.2, 0.25) is 0 Å². The van der Waals surface area contributed by atoms with Crippen LogP contribution in [0.15, 0.2) is 18.2 Å². The standard InChI is InChI=1S/C11H8F3NO2/c1-5-2-6-3-9(10(16)17)15-8(6)4-7(5)11(12,13)14/h2-4,15H,1H3,(H,16,17). The number of halogens is 3. The highest BCUT2D eigenvalue weighted by Crippen LogP contribution is 2.34. The lowest BCUT2D eigenvalue weighted by Gasteiger charge is -2.09. The molecule has 0 amide bonds. The maximum atomic E-state index is 12.6. The maximum Gasteiger partial charge on any atom is 0.416 e. The Morgan fingerprint density at radius 1 is 1.29 bits per heavy atom. The molecule has 2 rings (SSSR count). The molecule has 3 nitrogen and oxygen atoms in total. The summed E-state index contributed by atoms with van der Waals surface area (Å²) < 4.78 is 37.8. The fourth-order valence-electron chi connectivity index (χ4n) is 1.72. The van der Waals surface area contributed by atoms with Crippen molar-refractivity contribution in [3.05, 3.63) is 35.0 Å². The molecule has 1 aromatic carbocycles. The first-order chi connectivity index (χ1) is 7.79. The van der Waals surface area contributed by atoms with Gasteiger partial charge in [-0.2, -0.15) is 13.2 Å². The number of aromatic nitrogens is 1.